The first-order valence-corrected chi connectivity index (χ1v) is 5.95. The number of ether oxygens (including phenoxy) is 2. The maximum Gasteiger partial charge on any atom is 0.313 e. The summed E-state index contributed by atoms with van der Waals surface area (Å²) in [5.41, 5.74) is 0. The molecule has 0 saturated carbocycles. The summed E-state index contributed by atoms with van der Waals surface area (Å²) < 4.78 is 9.90. The van der Waals surface area contributed by atoms with Crippen LogP contribution in [0.25, 0.3) is 0 Å². The van der Waals surface area contributed by atoms with Crippen LogP contribution >= 0.6 is 11.8 Å². The van der Waals surface area contributed by atoms with Crippen molar-refractivity contribution in [1.82, 2.24) is 5.32 Å². The minimum Gasteiger partial charge on any atom is -0.481 e. The van der Waals surface area contributed by atoms with Crippen molar-refractivity contribution in [1.29, 1.82) is 0 Å². The summed E-state index contributed by atoms with van der Waals surface area (Å²) in [6.07, 6.45) is 0. The van der Waals surface area contributed by atoms with E-state index in [-0.39, 0.29) is 17.4 Å². The number of carboxylic acids is 1. The van der Waals surface area contributed by atoms with Gasteiger partial charge in [0.25, 0.3) is 0 Å². The van der Waals surface area contributed by atoms with E-state index in [1.807, 2.05) is 0 Å². The summed E-state index contributed by atoms with van der Waals surface area (Å²) in [4.78, 5) is 21.3. The molecule has 0 aliphatic rings. The highest BCUT2D eigenvalue weighted by Crippen LogP contribution is 1.97. The third-order valence-corrected chi connectivity index (χ3v) is 2.38. The Bertz CT molecular complexity index is 212. The van der Waals surface area contributed by atoms with E-state index in [0.29, 0.717) is 26.4 Å². The van der Waals surface area contributed by atoms with Crippen molar-refractivity contribution >= 4 is 23.6 Å². The van der Waals surface area contributed by atoms with Crippen LogP contribution in [0.3, 0.4) is 0 Å². The van der Waals surface area contributed by atoms with E-state index in [4.69, 9.17) is 14.6 Å². The van der Waals surface area contributed by atoms with Crippen LogP contribution in [0.4, 0.5) is 0 Å². The molecule has 0 aromatic heterocycles. The van der Waals surface area contributed by atoms with Crippen LogP contribution < -0.4 is 5.32 Å². The van der Waals surface area contributed by atoms with E-state index in [1.165, 1.54) is 0 Å². The van der Waals surface area contributed by atoms with Crippen LogP contribution in [-0.4, -0.2) is 62.0 Å². The quantitative estimate of drug-likeness (QED) is 0.513. The molecule has 2 N–H and O–H groups in total. The molecule has 0 heterocycles. The molecule has 16 heavy (non-hydrogen) atoms. The van der Waals surface area contributed by atoms with Crippen LogP contribution in [0.5, 0.6) is 0 Å². The van der Waals surface area contributed by atoms with Crippen molar-refractivity contribution in [3.05, 3.63) is 0 Å². The van der Waals surface area contributed by atoms with E-state index in [1.54, 1.807) is 7.11 Å². The predicted octanol–water partition coefficient (Wildman–Crippen LogP) is -0.417. The minimum absolute atomic E-state index is 0.0578. The maximum atomic E-state index is 11.1. The van der Waals surface area contributed by atoms with Gasteiger partial charge in [-0.2, -0.15) is 0 Å². The number of carbonyl (C=O) groups is 2. The molecule has 0 spiro atoms. The van der Waals surface area contributed by atoms with Gasteiger partial charge in [-0.3, -0.25) is 9.59 Å². The second-order valence-electron chi connectivity index (χ2n) is 2.84. The first-order valence-electron chi connectivity index (χ1n) is 4.79. The van der Waals surface area contributed by atoms with Crippen molar-refractivity contribution < 1.29 is 24.2 Å². The number of thioether (sulfide) groups is 1. The van der Waals surface area contributed by atoms with Gasteiger partial charge in [-0.1, -0.05) is 0 Å². The lowest BCUT2D eigenvalue weighted by Gasteiger charge is -2.05. The number of carboxylic acid groups (broad SMARTS) is 1. The van der Waals surface area contributed by atoms with Gasteiger partial charge in [0.15, 0.2) is 0 Å². The Morgan fingerprint density at radius 3 is 2.62 bits per heavy atom. The zero-order chi connectivity index (χ0) is 12.2. The summed E-state index contributed by atoms with van der Waals surface area (Å²) in [7, 11) is 1.59. The molecule has 0 saturated heterocycles. The molecule has 0 bridgehead atoms. The van der Waals surface area contributed by atoms with Gasteiger partial charge >= 0.3 is 5.97 Å². The molecule has 94 valence electrons. The number of amides is 1. The first kappa shape index (κ1) is 15.2. The molecule has 6 nitrogen and oxygen atoms in total. The Morgan fingerprint density at radius 2 is 2.00 bits per heavy atom. The summed E-state index contributed by atoms with van der Waals surface area (Å²) in [5.74, 6) is -0.996. The number of nitrogens with one attached hydrogen (secondary N) is 1. The third kappa shape index (κ3) is 11.3. The molecular weight excluding hydrogens is 234 g/mol. The van der Waals surface area contributed by atoms with Crippen molar-refractivity contribution in [3.8, 4) is 0 Å². The van der Waals surface area contributed by atoms with Gasteiger partial charge in [0.1, 0.15) is 0 Å². The number of hydrogen-bond donors (Lipinski definition) is 2. The lowest BCUT2D eigenvalue weighted by molar-refractivity contribution is -0.133. The highest BCUT2D eigenvalue weighted by Gasteiger charge is 2.03. The smallest absolute Gasteiger partial charge is 0.313 e. The summed E-state index contributed by atoms with van der Waals surface area (Å²) >= 11 is 1.07. The Balaban J connectivity index is 3.20. The molecule has 0 aliphatic heterocycles. The number of aliphatic carboxylic acids is 1. The Morgan fingerprint density at radius 1 is 1.25 bits per heavy atom. The second-order valence-corrected chi connectivity index (χ2v) is 3.83. The van der Waals surface area contributed by atoms with Crippen LogP contribution in [0, 0.1) is 0 Å². The normalized spacial score (nSPS) is 10.1. The van der Waals surface area contributed by atoms with Gasteiger partial charge in [0.2, 0.25) is 5.91 Å². The topological polar surface area (TPSA) is 84.9 Å². The Hall–Kier alpha value is -0.790. The molecule has 0 aliphatic carbocycles. The second kappa shape index (κ2) is 10.7. The van der Waals surface area contributed by atoms with Gasteiger partial charge in [0.05, 0.1) is 31.3 Å². The number of methoxy groups -OCH3 is 1. The molecule has 7 heteroatoms. The van der Waals surface area contributed by atoms with Gasteiger partial charge in [0, 0.05) is 13.7 Å². The van der Waals surface area contributed by atoms with Crippen molar-refractivity contribution in [2.24, 2.45) is 0 Å². The van der Waals surface area contributed by atoms with E-state index in [9.17, 15) is 9.59 Å². The monoisotopic (exact) mass is 251 g/mol. The number of rotatable bonds is 10. The van der Waals surface area contributed by atoms with E-state index in [0.717, 1.165) is 11.8 Å². The summed E-state index contributed by atoms with van der Waals surface area (Å²) in [6.45, 7) is 1.89. The highest BCUT2D eigenvalue weighted by atomic mass is 32.2. The van der Waals surface area contributed by atoms with Gasteiger partial charge in [-0.05, 0) is 0 Å². The SMILES string of the molecule is COCCOCCNC(=O)CSCC(=O)O. The fraction of sp³-hybridized carbons (Fsp3) is 0.778. The molecule has 0 radical (unpaired) electrons. The van der Waals surface area contributed by atoms with E-state index < -0.39 is 5.97 Å². The molecule has 0 unspecified atom stereocenters. The third-order valence-electron chi connectivity index (χ3n) is 1.46. The van der Waals surface area contributed by atoms with Gasteiger partial charge < -0.3 is 19.9 Å². The van der Waals surface area contributed by atoms with Crippen molar-refractivity contribution in [2.75, 3.05) is 45.0 Å². The number of carbonyl (C=O) groups excluding carboxylic acids is 1. The molecular formula is C9H17NO5S. The standard InChI is InChI=1S/C9H17NO5S/c1-14-4-5-15-3-2-10-8(11)6-16-7-9(12)13/h2-7H2,1H3,(H,10,11)(H,12,13). The molecule has 0 aromatic rings. The van der Waals surface area contributed by atoms with Crippen LogP contribution in [0.1, 0.15) is 0 Å². The molecule has 1 amide bonds. The maximum absolute atomic E-state index is 11.1. The lowest BCUT2D eigenvalue weighted by atomic mass is 10.6. The van der Waals surface area contributed by atoms with E-state index in [2.05, 4.69) is 5.32 Å². The zero-order valence-corrected chi connectivity index (χ0v) is 10.0. The average molecular weight is 251 g/mol. The summed E-state index contributed by atoms with van der Waals surface area (Å²) in [6, 6.07) is 0. The zero-order valence-electron chi connectivity index (χ0n) is 9.23. The number of hydrogen-bond acceptors (Lipinski definition) is 5. The van der Waals surface area contributed by atoms with Crippen LogP contribution in [-0.2, 0) is 19.1 Å². The first-order chi connectivity index (χ1) is 7.66. The van der Waals surface area contributed by atoms with Crippen molar-refractivity contribution in [2.45, 2.75) is 0 Å². The summed E-state index contributed by atoms with van der Waals surface area (Å²) in [5, 5.41) is 11.0. The van der Waals surface area contributed by atoms with Crippen molar-refractivity contribution in [3.63, 3.8) is 0 Å². The molecule has 0 fully saturated rings. The van der Waals surface area contributed by atoms with E-state index >= 15 is 0 Å². The Kier molecular flexibility index (Phi) is 10.2. The van der Waals surface area contributed by atoms with Crippen LogP contribution in [0.15, 0.2) is 0 Å². The largest absolute Gasteiger partial charge is 0.481 e. The average Bonchev–Trinajstić information content (AvgIpc) is 2.22. The molecule has 0 rings (SSSR count). The van der Waals surface area contributed by atoms with Crippen LogP contribution in [0.2, 0.25) is 0 Å². The molecule has 0 aromatic carbocycles. The minimum atomic E-state index is -0.916. The van der Waals surface area contributed by atoms with Gasteiger partial charge in [-0.15, -0.1) is 11.8 Å². The van der Waals surface area contributed by atoms with Gasteiger partial charge in [-0.25, -0.2) is 0 Å². The lowest BCUT2D eigenvalue weighted by Crippen LogP contribution is -2.29. The highest BCUT2D eigenvalue weighted by molar-refractivity contribution is 8.00. The molecule has 0 atom stereocenters. The predicted molar refractivity (Wildman–Crippen MR) is 60.7 cm³/mol. The Labute approximate surface area is 98.7 Å². The fourth-order valence-corrected chi connectivity index (χ4v) is 1.35. The fourth-order valence-electron chi connectivity index (χ4n) is 0.789.